The predicted molar refractivity (Wildman–Crippen MR) is 100 cm³/mol. The van der Waals surface area contributed by atoms with Crippen molar-refractivity contribution in [2.24, 2.45) is 17.3 Å². The molecule has 1 aromatic rings. The fourth-order valence-electron chi connectivity index (χ4n) is 4.64. The largest absolute Gasteiger partial charge is 0.354 e. The van der Waals surface area contributed by atoms with Crippen molar-refractivity contribution in [2.75, 3.05) is 19.6 Å². The summed E-state index contributed by atoms with van der Waals surface area (Å²) in [6, 6.07) is 1.90. The molecule has 0 spiro atoms. The average molecular weight is 361 g/mol. The van der Waals surface area contributed by atoms with Gasteiger partial charge in [0.25, 0.3) is 0 Å². The van der Waals surface area contributed by atoms with Crippen molar-refractivity contribution in [3.05, 3.63) is 18.0 Å². The third-order valence-electron chi connectivity index (χ3n) is 6.62. The van der Waals surface area contributed by atoms with Crippen LogP contribution in [-0.4, -0.2) is 46.1 Å². The molecule has 1 N–H and O–H groups in total. The quantitative estimate of drug-likeness (QED) is 0.774. The first-order chi connectivity index (χ1) is 12.5. The number of hydrogen-bond acceptors (Lipinski definition) is 3. The number of aromatic nitrogens is 2. The molecule has 2 fully saturated rings. The van der Waals surface area contributed by atoms with Gasteiger partial charge in [-0.3, -0.25) is 14.3 Å². The summed E-state index contributed by atoms with van der Waals surface area (Å²) in [6.45, 7) is 8.89. The fraction of sp³-hybridized carbons (Fsp3) is 0.750. The number of fused-ring (bicyclic) bond motifs is 1. The van der Waals surface area contributed by atoms with Crippen molar-refractivity contribution in [1.82, 2.24) is 20.0 Å². The molecule has 26 heavy (non-hydrogen) atoms. The SMILES string of the molecule is CCC(CC)C(=O)N1CC2CCC2(CCNC(=O)Cn2nccc2C)C1. The number of nitrogens with zero attached hydrogens (tertiary/aromatic N) is 3. The molecule has 2 heterocycles. The topological polar surface area (TPSA) is 67.2 Å². The Morgan fingerprint density at radius 1 is 1.38 bits per heavy atom. The number of rotatable bonds is 8. The van der Waals surface area contributed by atoms with Gasteiger partial charge in [0.15, 0.2) is 0 Å². The first-order valence-corrected chi connectivity index (χ1v) is 10.0. The highest BCUT2D eigenvalue weighted by Crippen LogP contribution is 2.54. The highest BCUT2D eigenvalue weighted by Gasteiger charge is 2.53. The lowest BCUT2D eigenvalue weighted by atomic mass is 9.60. The Morgan fingerprint density at radius 3 is 2.73 bits per heavy atom. The van der Waals surface area contributed by atoms with Gasteiger partial charge in [0.2, 0.25) is 11.8 Å². The minimum Gasteiger partial charge on any atom is -0.354 e. The Hall–Kier alpha value is -1.85. The highest BCUT2D eigenvalue weighted by molar-refractivity contribution is 5.79. The van der Waals surface area contributed by atoms with Crippen LogP contribution >= 0.6 is 0 Å². The molecular weight excluding hydrogens is 328 g/mol. The lowest BCUT2D eigenvalue weighted by Gasteiger charge is -2.44. The van der Waals surface area contributed by atoms with Crippen molar-refractivity contribution in [3.63, 3.8) is 0 Å². The smallest absolute Gasteiger partial charge is 0.241 e. The fourth-order valence-corrected chi connectivity index (χ4v) is 4.64. The van der Waals surface area contributed by atoms with Gasteiger partial charge in [-0.25, -0.2) is 0 Å². The van der Waals surface area contributed by atoms with Crippen LogP contribution in [0.4, 0.5) is 0 Å². The molecule has 1 aliphatic carbocycles. The summed E-state index contributed by atoms with van der Waals surface area (Å²) in [4.78, 5) is 27.0. The summed E-state index contributed by atoms with van der Waals surface area (Å²) in [6.07, 6.45) is 6.92. The Balaban J connectivity index is 1.48. The summed E-state index contributed by atoms with van der Waals surface area (Å²) < 4.78 is 1.71. The van der Waals surface area contributed by atoms with Gasteiger partial charge in [0.05, 0.1) is 0 Å². The molecule has 6 heteroatoms. The van der Waals surface area contributed by atoms with E-state index in [0.717, 1.165) is 38.0 Å². The van der Waals surface area contributed by atoms with Crippen LogP contribution in [-0.2, 0) is 16.1 Å². The van der Waals surface area contributed by atoms with Gasteiger partial charge in [-0.2, -0.15) is 5.10 Å². The molecule has 0 bridgehead atoms. The van der Waals surface area contributed by atoms with Crippen molar-refractivity contribution >= 4 is 11.8 Å². The van der Waals surface area contributed by atoms with Crippen LogP contribution in [0.2, 0.25) is 0 Å². The third-order valence-corrected chi connectivity index (χ3v) is 6.62. The molecule has 144 valence electrons. The lowest BCUT2D eigenvalue weighted by Crippen LogP contribution is -2.43. The van der Waals surface area contributed by atoms with Gasteiger partial charge in [-0.1, -0.05) is 13.8 Å². The summed E-state index contributed by atoms with van der Waals surface area (Å²) in [7, 11) is 0. The number of carbonyl (C=O) groups excluding carboxylic acids is 2. The second-order valence-corrected chi connectivity index (χ2v) is 8.06. The highest BCUT2D eigenvalue weighted by atomic mass is 16.2. The van der Waals surface area contributed by atoms with E-state index in [1.165, 1.54) is 12.8 Å². The third kappa shape index (κ3) is 3.64. The molecule has 6 nitrogen and oxygen atoms in total. The number of aryl methyl sites for hydroxylation is 1. The van der Waals surface area contributed by atoms with E-state index in [2.05, 4.69) is 29.2 Å². The first kappa shape index (κ1) is 18.9. The number of amides is 2. The van der Waals surface area contributed by atoms with E-state index in [4.69, 9.17) is 0 Å². The van der Waals surface area contributed by atoms with Crippen molar-refractivity contribution in [2.45, 2.75) is 59.4 Å². The van der Waals surface area contributed by atoms with E-state index in [0.29, 0.717) is 18.4 Å². The molecular formula is C20H32N4O2. The predicted octanol–water partition coefficient (Wildman–Crippen LogP) is 2.37. The zero-order valence-corrected chi connectivity index (χ0v) is 16.3. The van der Waals surface area contributed by atoms with Gasteiger partial charge in [-0.15, -0.1) is 0 Å². The van der Waals surface area contributed by atoms with Crippen LogP contribution in [0, 0.1) is 24.2 Å². The van der Waals surface area contributed by atoms with E-state index in [9.17, 15) is 9.59 Å². The molecule has 2 amide bonds. The van der Waals surface area contributed by atoms with Crippen molar-refractivity contribution in [3.8, 4) is 0 Å². The summed E-state index contributed by atoms with van der Waals surface area (Å²) in [5.74, 6) is 1.13. The minimum absolute atomic E-state index is 0.00651. The molecule has 3 rings (SSSR count). The summed E-state index contributed by atoms with van der Waals surface area (Å²) in [5.41, 5.74) is 1.22. The number of carbonyl (C=O) groups is 2. The molecule has 2 aliphatic rings. The second-order valence-electron chi connectivity index (χ2n) is 8.06. The molecule has 1 saturated heterocycles. The maximum absolute atomic E-state index is 12.7. The zero-order chi connectivity index (χ0) is 18.7. The molecule has 0 radical (unpaired) electrons. The minimum atomic E-state index is 0.00651. The molecule has 0 aromatic carbocycles. The zero-order valence-electron chi connectivity index (χ0n) is 16.3. The Bertz CT molecular complexity index is 652. The van der Waals surface area contributed by atoms with Crippen LogP contribution in [0.15, 0.2) is 12.3 Å². The van der Waals surface area contributed by atoms with E-state index < -0.39 is 0 Å². The first-order valence-electron chi connectivity index (χ1n) is 10.0. The molecule has 1 aromatic heterocycles. The Morgan fingerprint density at radius 2 is 2.15 bits per heavy atom. The van der Waals surface area contributed by atoms with E-state index in [1.807, 2.05) is 13.0 Å². The normalized spacial score (nSPS) is 24.5. The standard InChI is InChI=1S/C20H32N4O2/c1-4-16(5-2)19(26)23-12-17-6-8-20(17,14-23)9-11-21-18(25)13-24-15(3)7-10-22-24/h7,10,16-17H,4-6,8-9,11-14H2,1-3H3,(H,21,25). The number of nitrogens with one attached hydrogen (secondary N) is 1. The summed E-state index contributed by atoms with van der Waals surface area (Å²) >= 11 is 0. The van der Waals surface area contributed by atoms with Crippen molar-refractivity contribution in [1.29, 1.82) is 0 Å². The monoisotopic (exact) mass is 360 g/mol. The molecule has 2 unspecified atom stereocenters. The van der Waals surface area contributed by atoms with Gasteiger partial charge in [0.1, 0.15) is 6.54 Å². The summed E-state index contributed by atoms with van der Waals surface area (Å²) in [5, 5.41) is 7.19. The number of hydrogen-bond donors (Lipinski definition) is 1. The molecule has 2 atom stereocenters. The Kier molecular flexibility index (Phi) is 5.68. The lowest BCUT2D eigenvalue weighted by molar-refractivity contribution is -0.135. The van der Waals surface area contributed by atoms with E-state index in [-0.39, 0.29) is 23.8 Å². The van der Waals surface area contributed by atoms with Crippen LogP contribution < -0.4 is 5.32 Å². The average Bonchev–Trinajstić information content (AvgIpc) is 3.11. The molecule has 1 aliphatic heterocycles. The van der Waals surface area contributed by atoms with Crippen LogP contribution in [0.3, 0.4) is 0 Å². The maximum Gasteiger partial charge on any atom is 0.241 e. The maximum atomic E-state index is 12.7. The van der Waals surface area contributed by atoms with E-state index in [1.54, 1.807) is 10.9 Å². The van der Waals surface area contributed by atoms with Gasteiger partial charge in [0, 0.05) is 37.4 Å². The van der Waals surface area contributed by atoms with Gasteiger partial charge >= 0.3 is 0 Å². The van der Waals surface area contributed by atoms with Crippen LogP contribution in [0.5, 0.6) is 0 Å². The van der Waals surface area contributed by atoms with Crippen molar-refractivity contribution < 1.29 is 9.59 Å². The molecule has 1 saturated carbocycles. The van der Waals surface area contributed by atoms with Crippen LogP contribution in [0.25, 0.3) is 0 Å². The van der Waals surface area contributed by atoms with Gasteiger partial charge in [-0.05, 0) is 56.4 Å². The van der Waals surface area contributed by atoms with Crippen LogP contribution in [0.1, 0.15) is 51.6 Å². The number of likely N-dealkylation sites (tertiary alicyclic amines) is 1. The van der Waals surface area contributed by atoms with E-state index >= 15 is 0 Å². The Labute approximate surface area is 156 Å². The van der Waals surface area contributed by atoms with Gasteiger partial charge < -0.3 is 10.2 Å². The second kappa shape index (κ2) is 7.80.